The van der Waals surface area contributed by atoms with Gasteiger partial charge in [-0.25, -0.2) is 0 Å². The summed E-state index contributed by atoms with van der Waals surface area (Å²) in [5.41, 5.74) is 4.60. The highest BCUT2D eigenvalue weighted by Crippen LogP contribution is 2.37. The van der Waals surface area contributed by atoms with E-state index in [0.29, 0.717) is 16.0 Å². The van der Waals surface area contributed by atoms with E-state index in [1.807, 2.05) is 0 Å². The van der Waals surface area contributed by atoms with Crippen molar-refractivity contribution in [2.45, 2.75) is 6.18 Å². The summed E-state index contributed by atoms with van der Waals surface area (Å²) in [6.07, 6.45) is -4.48. The maximum absolute atomic E-state index is 12.7. The normalized spacial score (nSPS) is 11.3. The second-order valence-electron chi connectivity index (χ2n) is 4.19. The van der Waals surface area contributed by atoms with Gasteiger partial charge in [-0.2, -0.15) is 13.2 Å². The van der Waals surface area contributed by atoms with Crippen LogP contribution in [0.4, 0.5) is 18.9 Å². The molecule has 2 aromatic carbocycles. The third-order valence-corrected chi connectivity index (χ3v) is 3.24. The van der Waals surface area contributed by atoms with Crippen LogP contribution < -0.4 is 15.2 Å². The molecule has 2 aromatic rings. The minimum absolute atomic E-state index is 0.00759. The summed E-state index contributed by atoms with van der Waals surface area (Å²) in [6, 6.07) is 7.94. The van der Waals surface area contributed by atoms with Crippen molar-refractivity contribution in [1.29, 1.82) is 0 Å². The number of alkyl halides is 3. The highest BCUT2D eigenvalue weighted by atomic mass is 79.9. The van der Waals surface area contributed by atoms with E-state index in [1.165, 1.54) is 13.2 Å². The smallest absolute Gasteiger partial charge is 0.416 e. The van der Waals surface area contributed by atoms with Crippen molar-refractivity contribution in [2.24, 2.45) is 0 Å². The van der Waals surface area contributed by atoms with E-state index in [9.17, 15) is 13.2 Å². The van der Waals surface area contributed by atoms with E-state index < -0.39 is 11.7 Å². The molecular formula is C14H11BrF3NO2. The first-order valence-corrected chi connectivity index (χ1v) is 6.58. The van der Waals surface area contributed by atoms with Crippen molar-refractivity contribution in [3.8, 4) is 17.2 Å². The maximum atomic E-state index is 12.7. The molecule has 0 spiro atoms. The molecule has 0 saturated heterocycles. The van der Waals surface area contributed by atoms with Crippen molar-refractivity contribution in [1.82, 2.24) is 0 Å². The number of nitrogens with two attached hydrogens (primary N) is 1. The van der Waals surface area contributed by atoms with Crippen LogP contribution in [-0.4, -0.2) is 7.11 Å². The summed E-state index contributed by atoms with van der Waals surface area (Å²) in [5.74, 6) is 0.959. The van der Waals surface area contributed by atoms with Crippen LogP contribution in [0.1, 0.15) is 5.56 Å². The topological polar surface area (TPSA) is 44.5 Å². The quantitative estimate of drug-likeness (QED) is 0.794. The first-order valence-electron chi connectivity index (χ1n) is 5.79. The van der Waals surface area contributed by atoms with E-state index in [0.717, 1.165) is 12.1 Å². The van der Waals surface area contributed by atoms with Crippen LogP contribution in [0.25, 0.3) is 0 Å². The van der Waals surface area contributed by atoms with Crippen molar-refractivity contribution >= 4 is 21.6 Å². The van der Waals surface area contributed by atoms with Crippen LogP contribution in [0, 0.1) is 0 Å². The average Bonchev–Trinajstić information content (AvgIpc) is 2.39. The highest BCUT2D eigenvalue weighted by Gasteiger charge is 2.31. The molecule has 0 bridgehead atoms. The lowest BCUT2D eigenvalue weighted by Crippen LogP contribution is -2.06. The van der Waals surface area contributed by atoms with Crippen LogP contribution in [0.5, 0.6) is 17.2 Å². The number of hydrogen-bond acceptors (Lipinski definition) is 3. The van der Waals surface area contributed by atoms with Gasteiger partial charge in [0, 0.05) is 11.8 Å². The predicted octanol–water partition coefficient (Wildman–Crippen LogP) is 4.85. The fraction of sp³-hybridized carbons (Fsp3) is 0.143. The summed E-state index contributed by atoms with van der Waals surface area (Å²) in [5, 5.41) is 0. The van der Waals surface area contributed by atoms with Crippen molar-refractivity contribution in [3.05, 3.63) is 46.4 Å². The van der Waals surface area contributed by atoms with Gasteiger partial charge in [0.05, 0.1) is 17.1 Å². The molecular weight excluding hydrogens is 351 g/mol. The zero-order valence-corrected chi connectivity index (χ0v) is 12.5. The Morgan fingerprint density at radius 3 is 2.33 bits per heavy atom. The molecule has 2 N–H and O–H groups in total. The summed E-state index contributed by atoms with van der Waals surface area (Å²) in [6.45, 7) is 0. The molecule has 0 unspecified atom stereocenters. The molecule has 0 radical (unpaired) electrons. The third kappa shape index (κ3) is 3.81. The van der Waals surface area contributed by atoms with E-state index in [1.54, 1.807) is 18.2 Å². The van der Waals surface area contributed by atoms with Gasteiger partial charge in [-0.3, -0.25) is 0 Å². The number of benzene rings is 2. The van der Waals surface area contributed by atoms with Gasteiger partial charge in [-0.05, 0) is 46.3 Å². The molecule has 0 aliphatic heterocycles. The number of anilines is 1. The molecule has 21 heavy (non-hydrogen) atoms. The van der Waals surface area contributed by atoms with Crippen molar-refractivity contribution in [3.63, 3.8) is 0 Å². The maximum Gasteiger partial charge on any atom is 0.416 e. The second-order valence-corrected chi connectivity index (χ2v) is 5.04. The predicted molar refractivity (Wildman–Crippen MR) is 76.6 cm³/mol. The molecule has 3 nitrogen and oxygen atoms in total. The molecule has 0 aliphatic rings. The van der Waals surface area contributed by atoms with Gasteiger partial charge in [0.25, 0.3) is 0 Å². The van der Waals surface area contributed by atoms with Gasteiger partial charge >= 0.3 is 6.18 Å². The number of methoxy groups -OCH3 is 1. The van der Waals surface area contributed by atoms with Crippen LogP contribution in [0.15, 0.2) is 40.9 Å². The van der Waals surface area contributed by atoms with Gasteiger partial charge < -0.3 is 15.2 Å². The van der Waals surface area contributed by atoms with Gasteiger partial charge in [0.15, 0.2) is 0 Å². The largest absolute Gasteiger partial charge is 0.497 e. The minimum atomic E-state index is -4.48. The van der Waals surface area contributed by atoms with E-state index >= 15 is 0 Å². The molecule has 0 amide bonds. The monoisotopic (exact) mass is 361 g/mol. The minimum Gasteiger partial charge on any atom is -0.497 e. The Morgan fingerprint density at radius 2 is 1.76 bits per heavy atom. The van der Waals surface area contributed by atoms with Gasteiger partial charge in [-0.15, -0.1) is 0 Å². The van der Waals surface area contributed by atoms with Crippen LogP contribution in [0.3, 0.4) is 0 Å². The standard InChI is InChI=1S/C14H11BrF3NO2/c1-20-10-2-3-13(12(15)7-10)21-11-5-8(14(16,17)18)4-9(19)6-11/h2-7H,19H2,1H3. The third-order valence-electron chi connectivity index (χ3n) is 2.62. The Morgan fingerprint density at radius 1 is 1.05 bits per heavy atom. The number of halogens is 4. The summed E-state index contributed by atoms with van der Waals surface area (Å²) in [7, 11) is 1.51. The number of hydrogen-bond donors (Lipinski definition) is 1. The van der Waals surface area contributed by atoms with Gasteiger partial charge in [0.2, 0.25) is 0 Å². The zero-order chi connectivity index (χ0) is 15.6. The van der Waals surface area contributed by atoms with Gasteiger partial charge in [-0.1, -0.05) is 0 Å². The van der Waals surface area contributed by atoms with Crippen molar-refractivity contribution < 1.29 is 22.6 Å². The average molecular weight is 362 g/mol. The lowest BCUT2D eigenvalue weighted by molar-refractivity contribution is -0.137. The SMILES string of the molecule is COc1ccc(Oc2cc(N)cc(C(F)(F)F)c2)c(Br)c1. The van der Waals surface area contributed by atoms with Crippen LogP contribution in [-0.2, 0) is 6.18 Å². The molecule has 0 heterocycles. The zero-order valence-electron chi connectivity index (χ0n) is 10.9. The van der Waals surface area contributed by atoms with Gasteiger partial charge in [0.1, 0.15) is 17.2 Å². The van der Waals surface area contributed by atoms with Crippen LogP contribution in [0.2, 0.25) is 0 Å². The molecule has 0 aromatic heterocycles. The van der Waals surface area contributed by atoms with E-state index in [2.05, 4.69) is 15.9 Å². The Balaban J connectivity index is 2.33. The number of ether oxygens (including phenoxy) is 2. The Bertz CT molecular complexity index is 659. The van der Waals surface area contributed by atoms with E-state index in [4.69, 9.17) is 15.2 Å². The first kappa shape index (κ1) is 15.5. The lowest BCUT2D eigenvalue weighted by atomic mass is 10.2. The first-order chi connectivity index (χ1) is 9.79. The Kier molecular flexibility index (Phi) is 4.32. The van der Waals surface area contributed by atoms with E-state index in [-0.39, 0.29) is 11.4 Å². The fourth-order valence-electron chi connectivity index (χ4n) is 1.66. The molecule has 2 rings (SSSR count). The highest BCUT2D eigenvalue weighted by molar-refractivity contribution is 9.10. The Labute approximate surface area is 127 Å². The molecule has 0 saturated carbocycles. The summed E-state index contributed by atoms with van der Waals surface area (Å²) < 4.78 is 49.2. The number of rotatable bonds is 3. The molecule has 0 atom stereocenters. The summed E-state index contributed by atoms with van der Waals surface area (Å²) >= 11 is 3.26. The molecule has 7 heteroatoms. The Hall–Kier alpha value is -1.89. The molecule has 112 valence electrons. The molecule has 0 fully saturated rings. The lowest BCUT2D eigenvalue weighted by Gasteiger charge is -2.13. The molecule has 0 aliphatic carbocycles. The second kappa shape index (κ2) is 5.85. The van der Waals surface area contributed by atoms with Crippen LogP contribution >= 0.6 is 15.9 Å². The fourth-order valence-corrected chi connectivity index (χ4v) is 2.10. The summed E-state index contributed by atoms with van der Waals surface area (Å²) in [4.78, 5) is 0. The van der Waals surface area contributed by atoms with Crippen molar-refractivity contribution in [2.75, 3.05) is 12.8 Å². The number of nitrogen functional groups attached to an aromatic ring is 1.